The highest BCUT2D eigenvalue weighted by molar-refractivity contribution is 5.98. The van der Waals surface area contributed by atoms with Crippen LogP contribution in [0.1, 0.15) is 33.6 Å². The van der Waals surface area contributed by atoms with Gasteiger partial charge >= 0.3 is 6.23 Å². The van der Waals surface area contributed by atoms with E-state index in [4.69, 9.17) is 4.74 Å². The molecule has 0 spiro atoms. The van der Waals surface area contributed by atoms with Crippen molar-refractivity contribution in [2.75, 3.05) is 0 Å². The fourth-order valence-electron chi connectivity index (χ4n) is 2.51. The average Bonchev–Trinajstić information content (AvgIpc) is 2.40. The van der Waals surface area contributed by atoms with E-state index in [9.17, 15) is 14.9 Å². The molecule has 5 nitrogen and oxygen atoms in total. The quantitative estimate of drug-likeness (QED) is 0.504. The third kappa shape index (κ3) is 1.60. The summed E-state index contributed by atoms with van der Waals surface area (Å²) in [6.45, 7) is 5.64. The lowest BCUT2D eigenvalue weighted by Crippen LogP contribution is -2.28. The molecule has 2 rings (SSSR count). The Hall–Kier alpha value is -1.39. The number of nitrogens with zero attached hydrogens (tertiary/aromatic N) is 1. The standard InChI is InChI=1S/C11H15NO4/c1-6-9-7(13)4-11(2,3)5-8(9)16-10(6)12(14)15/h6,10H,4-5H2,1-3H3. The minimum atomic E-state index is -1.08. The summed E-state index contributed by atoms with van der Waals surface area (Å²) in [6, 6.07) is 0. The largest absolute Gasteiger partial charge is 0.434 e. The molecule has 5 heteroatoms. The minimum Gasteiger partial charge on any atom is -0.434 e. The average molecular weight is 225 g/mol. The van der Waals surface area contributed by atoms with Gasteiger partial charge in [0.25, 0.3) is 0 Å². The van der Waals surface area contributed by atoms with Crippen molar-refractivity contribution in [1.82, 2.24) is 0 Å². The van der Waals surface area contributed by atoms with Crippen molar-refractivity contribution in [3.05, 3.63) is 21.4 Å². The molecule has 0 bridgehead atoms. The number of hydrogen-bond donors (Lipinski definition) is 0. The van der Waals surface area contributed by atoms with Crippen LogP contribution in [0.5, 0.6) is 0 Å². The van der Waals surface area contributed by atoms with Crippen LogP contribution < -0.4 is 0 Å². The second kappa shape index (κ2) is 3.30. The van der Waals surface area contributed by atoms with E-state index in [1.165, 1.54) is 0 Å². The van der Waals surface area contributed by atoms with E-state index in [0.29, 0.717) is 24.2 Å². The van der Waals surface area contributed by atoms with Gasteiger partial charge in [0.05, 0.1) is 10.8 Å². The lowest BCUT2D eigenvalue weighted by atomic mass is 9.75. The van der Waals surface area contributed by atoms with Gasteiger partial charge in [0.2, 0.25) is 0 Å². The molecule has 0 aromatic carbocycles. The molecule has 0 saturated heterocycles. The molecule has 0 radical (unpaired) electrons. The predicted octanol–water partition coefficient (Wildman–Crippen LogP) is 1.90. The Labute approximate surface area is 93.6 Å². The van der Waals surface area contributed by atoms with Crippen LogP contribution in [-0.4, -0.2) is 16.9 Å². The van der Waals surface area contributed by atoms with Gasteiger partial charge in [0, 0.05) is 18.4 Å². The molecular formula is C11H15NO4. The van der Waals surface area contributed by atoms with Gasteiger partial charge in [0.15, 0.2) is 5.78 Å². The maximum atomic E-state index is 11.9. The maximum Gasteiger partial charge on any atom is 0.360 e. The zero-order chi connectivity index (χ0) is 12.1. The highest BCUT2D eigenvalue weighted by Crippen LogP contribution is 2.44. The van der Waals surface area contributed by atoms with Crippen LogP contribution in [0.3, 0.4) is 0 Å². The highest BCUT2D eigenvalue weighted by atomic mass is 16.7. The number of carbonyl (C=O) groups excluding carboxylic acids is 1. The van der Waals surface area contributed by atoms with E-state index < -0.39 is 17.1 Å². The molecule has 2 atom stereocenters. The summed E-state index contributed by atoms with van der Waals surface area (Å²) < 4.78 is 5.30. The van der Waals surface area contributed by atoms with Crippen LogP contribution in [-0.2, 0) is 9.53 Å². The van der Waals surface area contributed by atoms with Crippen LogP contribution >= 0.6 is 0 Å². The topological polar surface area (TPSA) is 69.4 Å². The van der Waals surface area contributed by atoms with Gasteiger partial charge in [0.1, 0.15) is 5.76 Å². The fraction of sp³-hybridized carbons (Fsp3) is 0.727. The number of carbonyl (C=O) groups is 1. The fourth-order valence-corrected chi connectivity index (χ4v) is 2.51. The molecule has 1 aliphatic carbocycles. The Morgan fingerprint density at radius 2 is 2.06 bits per heavy atom. The third-order valence-corrected chi connectivity index (χ3v) is 3.23. The molecule has 0 fully saturated rings. The number of ketones is 1. The van der Waals surface area contributed by atoms with Gasteiger partial charge in [-0.25, -0.2) is 0 Å². The first-order valence-electron chi connectivity index (χ1n) is 5.38. The monoisotopic (exact) mass is 225 g/mol. The zero-order valence-corrected chi connectivity index (χ0v) is 9.65. The van der Waals surface area contributed by atoms with Crippen molar-refractivity contribution in [3.63, 3.8) is 0 Å². The van der Waals surface area contributed by atoms with E-state index in [1.807, 2.05) is 13.8 Å². The van der Waals surface area contributed by atoms with Gasteiger partial charge in [-0.15, -0.1) is 0 Å². The number of rotatable bonds is 1. The van der Waals surface area contributed by atoms with Crippen molar-refractivity contribution in [1.29, 1.82) is 0 Å². The lowest BCUT2D eigenvalue weighted by molar-refractivity contribution is -0.574. The Morgan fingerprint density at radius 3 is 2.62 bits per heavy atom. The van der Waals surface area contributed by atoms with Crippen LogP contribution in [0, 0.1) is 21.4 Å². The number of ether oxygens (including phenoxy) is 1. The molecule has 0 aromatic heterocycles. The molecule has 88 valence electrons. The molecule has 0 amide bonds. The van der Waals surface area contributed by atoms with Gasteiger partial charge in [-0.2, -0.15) is 0 Å². The number of hydrogen-bond acceptors (Lipinski definition) is 4. The van der Waals surface area contributed by atoms with Crippen molar-refractivity contribution in [2.45, 2.75) is 39.8 Å². The van der Waals surface area contributed by atoms with Crippen LogP contribution in [0.15, 0.2) is 11.3 Å². The highest BCUT2D eigenvalue weighted by Gasteiger charge is 2.48. The minimum absolute atomic E-state index is 0.00287. The Morgan fingerprint density at radius 1 is 1.44 bits per heavy atom. The molecule has 1 aliphatic heterocycles. The van der Waals surface area contributed by atoms with Crippen LogP contribution in [0.4, 0.5) is 0 Å². The summed E-state index contributed by atoms with van der Waals surface area (Å²) in [5, 5.41) is 10.8. The van der Waals surface area contributed by atoms with Gasteiger partial charge in [-0.1, -0.05) is 13.8 Å². The third-order valence-electron chi connectivity index (χ3n) is 3.23. The first-order valence-corrected chi connectivity index (χ1v) is 5.38. The molecule has 16 heavy (non-hydrogen) atoms. The second-order valence-corrected chi connectivity index (χ2v) is 5.36. The number of allylic oxidation sites excluding steroid dienone is 1. The van der Waals surface area contributed by atoms with Crippen molar-refractivity contribution in [3.8, 4) is 0 Å². The maximum absolute atomic E-state index is 11.9. The van der Waals surface area contributed by atoms with E-state index in [1.54, 1.807) is 6.92 Å². The lowest BCUT2D eigenvalue weighted by Gasteiger charge is -2.28. The smallest absolute Gasteiger partial charge is 0.360 e. The summed E-state index contributed by atoms with van der Waals surface area (Å²) in [5.41, 5.74) is 0.391. The molecule has 1 heterocycles. The number of Topliss-reactive ketones (excluding diaryl/α,β-unsaturated/α-hetero) is 1. The molecular weight excluding hydrogens is 210 g/mol. The van der Waals surface area contributed by atoms with E-state index >= 15 is 0 Å². The van der Waals surface area contributed by atoms with Gasteiger partial charge in [-0.05, 0) is 12.3 Å². The van der Waals surface area contributed by atoms with Crippen LogP contribution in [0.2, 0.25) is 0 Å². The van der Waals surface area contributed by atoms with Gasteiger partial charge in [-0.3, -0.25) is 14.9 Å². The molecule has 2 aliphatic rings. The van der Waals surface area contributed by atoms with Crippen molar-refractivity contribution < 1.29 is 14.5 Å². The van der Waals surface area contributed by atoms with Gasteiger partial charge < -0.3 is 4.74 Å². The summed E-state index contributed by atoms with van der Waals surface area (Å²) in [7, 11) is 0. The molecule has 2 unspecified atom stereocenters. The van der Waals surface area contributed by atoms with E-state index in [0.717, 1.165) is 0 Å². The summed E-state index contributed by atoms with van der Waals surface area (Å²) in [5.74, 6) is 0.118. The normalized spacial score (nSPS) is 32.3. The van der Waals surface area contributed by atoms with E-state index in [2.05, 4.69) is 0 Å². The first-order chi connectivity index (χ1) is 7.32. The Balaban J connectivity index is 2.33. The molecule has 0 aromatic rings. The first kappa shape index (κ1) is 11.1. The summed E-state index contributed by atoms with van der Waals surface area (Å²) in [6.07, 6.45) is -0.0185. The predicted molar refractivity (Wildman–Crippen MR) is 56.1 cm³/mol. The van der Waals surface area contributed by atoms with Crippen molar-refractivity contribution >= 4 is 5.78 Å². The van der Waals surface area contributed by atoms with Crippen molar-refractivity contribution in [2.24, 2.45) is 11.3 Å². The summed E-state index contributed by atoms with van der Waals surface area (Å²) in [4.78, 5) is 22.2. The zero-order valence-electron chi connectivity index (χ0n) is 9.65. The summed E-state index contributed by atoms with van der Waals surface area (Å²) >= 11 is 0. The van der Waals surface area contributed by atoms with Crippen LogP contribution in [0.25, 0.3) is 0 Å². The second-order valence-electron chi connectivity index (χ2n) is 5.36. The van der Waals surface area contributed by atoms with E-state index in [-0.39, 0.29) is 11.2 Å². The Kier molecular flexibility index (Phi) is 2.29. The number of nitro groups is 1. The molecule has 0 N–H and O–H groups in total. The molecule has 0 saturated carbocycles. The SMILES string of the molecule is CC1C2=C(CC(C)(C)CC2=O)OC1[N+](=O)[O-]. The Bertz CT molecular complexity index is 397.